The minimum Gasteiger partial charge on any atom is -0.364 e. The van der Waals surface area contributed by atoms with Gasteiger partial charge in [-0.15, -0.1) is 0 Å². The van der Waals surface area contributed by atoms with Gasteiger partial charge in [-0.3, -0.25) is 9.59 Å². The van der Waals surface area contributed by atoms with E-state index in [1.54, 1.807) is 22.8 Å². The van der Waals surface area contributed by atoms with E-state index in [4.69, 9.17) is 5.73 Å². The molecule has 0 unspecified atom stereocenters. The molecule has 2 aromatic carbocycles. The van der Waals surface area contributed by atoms with Crippen LogP contribution < -0.4 is 11.3 Å². The van der Waals surface area contributed by atoms with Gasteiger partial charge in [-0.1, -0.05) is 48.0 Å². The Bertz CT molecular complexity index is 1640. The van der Waals surface area contributed by atoms with Gasteiger partial charge in [-0.2, -0.15) is 0 Å². The van der Waals surface area contributed by atoms with Crippen molar-refractivity contribution in [3.63, 3.8) is 0 Å². The van der Waals surface area contributed by atoms with Crippen molar-refractivity contribution >= 4 is 31.7 Å². The van der Waals surface area contributed by atoms with Crippen molar-refractivity contribution < 1.29 is 13.2 Å². The fraction of sp³-hybridized carbons (Fsp3) is 0.154. The molecule has 3 N–H and O–H groups in total. The van der Waals surface area contributed by atoms with Gasteiger partial charge < -0.3 is 15.3 Å². The molecule has 1 amide bonds. The highest BCUT2D eigenvalue weighted by atomic mass is 79.9. The summed E-state index contributed by atoms with van der Waals surface area (Å²) in [7, 11) is -3.99. The van der Waals surface area contributed by atoms with Crippen LogP contribution in [0.3, 0.4) is 0 Å². The first-order valence-corrected chi connectivity index (χ1v) is 13.3. The Labute approximate surface area is 210 Å². The number of rotatable bonds is 5. The number of nitrogens with zero attached hydrogens (tertiary/aromatic N) is 1. The summed E-state index contributed by atoms with van der Waals surface area (Å²) in [6, 6.07) is 17.3. The number of aromatic nitrogens is 2. The van der Waals surface area contributed by atoms with Crippen molar-refractivity contribution in [2.24, 2.45) is 5.73 Å². The smallest absolute Gasteiger partial charge is 0.267 e. The molecule has 4 aromatic rings. The number of nitrogens with one attached hydrogen (secondary N) is 1. The molecule has 0 bridgehead atoms. The molecule has 0 atom stereocenters. The number of carbonyl (C=O) groups is 1. The lowest BCUT2D eigenvalue weighted by atomic mass is 9.94. The van der Waals surface area contributed by atoms with Crippen LogP contribution in [0.2, 0.25) is 0 Å². The lowest BCUT2D eigenvalue weighted by Gasteiger charge is -2.21. The first-order chi connectivity index (χ1) is 16.7. The molecule has 2 aromatic heterocycles. The molecule has 1 aliphatic rings. The highest BCUT2D eigenvalue weighted by molar-refractivity contribution is 9.10. The van der Waals surface area contributed by atoms with Crippen LogP contribution in [-0.2, 0) is 29.2 Å². The fourth-order valence-corrected chi connectivity index (χ4v) is 6.73. The molecule has 7 nitrogen and oxygen atoms in total. The maximum atomic E-state index is 13.2. The van der Waals surface area contributed by atoms with Crippen molar-refractivity contribution in [1.29, 1.82) is 0 Å². The van der Waals surface area contributed by atoms with Gasteiger partial charge in [-0.05, 0) is 70.6 Å². The maximum absolute atomic E-state index is 13.2. The van der Waals surface area contributed by atoms with Gasteiger partial charge in [0.25, 0.3) is 11.5 Å². The number of halogens is 1. The minimum absolute atomic E-state index is 0.0588. The SMILES string of the molecule is Cc1ccc(Cn2c(C(N)=O)c(Br)c3c2-c2[nH]c(=O)c(S(=O)(=O)c4ccccc4)cc2CC3)cc1. The normalized spacial score (nSPS) is 12.7. The topological polar surface area (TPSA) is 115 Å². The zero-order valence-corrected chi connectivity index (χ0v) is 21.2. The molecular weight excluding hydrogens is 530 g/mol. The van der Waals surface area contributed by atoms with Crippen LogP contribution in [0.25, 0.3) is 11.4 Å². The van der Waals surface area contributed by atoms with Crippen molar-refractivity contribution in [3.8, 4) is 11.4 Å². The molecule has 0 fully saturated rings. The van der Waals surface area contributed by atoms with Crippen LogP contribution in [0.1, 0.15) is 32.7 Å². The Morgan fingerprint density at radius 1 is 1.09 bits per heavy atom. The van der Waals surface area contributed by atoms with Crippen LogP contribution in [0, 0.1) is 6.92 Å². The van der Waals surface area contributed by atoms with Crippen molar-refractivity contribution in [1.82, 2.24) is 9.55 Å². The molecule has 0 aliphatic heterocycles. The number of aryl methyl sites for hydroxylation is 2. The lowest BCUT2D eigenvalue weighted by molar-refractivity contribution is 0.0991. The standard InChI is InChI=1S/C26H22BrN3O4S/c1-15-7-9-16(10-8-15)14-30-23-19(21(27)24(30)25(28)31)12-11-17-13-20(26(32)29-22(17)23)35(33,34)18-5-3-2-4-6-18/h2-10,13H,11-12,14H2,1H3,(H2,28,31)(H,29,32). The molecule has 0 saturated heterocycles. The Morgan fingerprint density at radius 2 is 1.77 bits per heavy atom. The van der Waals surface area contributed by atoms with Crippen molar-refractivity contribution in [3.05, 3.63) is 103 Å². The highest BCUT2D eigenvalue weighted by Crippen LogP contribution is 2.41. The summed E-state index contributed by atoms with van der Waals surface area (Å²) in [6.07, 6.45) is 1.06. The Morgan fingerprint density at radius 3 is 2.43 bits per heavy atom. The quantitative estimate of drug-likeness (QED) is 0.390. The van der Waals surface area contributed by atoms with Crippen LogP contribution in [0.15, 0.2) is 79.7 Å². The number of amides is 1. The highest BCUT2D eigenvalue weighted by Gasteiger charge is 2.32. The van der Waals surface area contributed by atoms with Gasteiger partial charge in [0.15, 0.2) is 0 Å². The summed E-state index contributed by atoms with van der Waals surface area (Å²) in [5, 5.41) is 0. The summed E-state index contributed by atoms with van der Waals surface area (Å²) in [6.45, 7) is 2.35. The average Bonchev–Trinajstić information content (AvgIpc) is 3.12. The summed E-state index contributed by atoms with van der Waals surface area (Å²) >= 11 is 3.55. The number of sulfone groups is 1. The number of benzene rings is 2. The van der Waals surface area contributed by atoms with E-state index in [-0.39, 0.29) is 9.79 Å². The van der Waals surface area contributed by atoms with Gasteiger partial charge in [0.2, 0.25) is 9.84 Å². The number of hydrogen-bond donors (Lipinski definition) is 2. The molecule has 178 valence electrons. The van der Waals surface area contributed by atoms with Crippen LogP contribution >= 0.6 is 15.9 Å². The van der Waals surface area contributed by atoms with Gasteiger partial charge in [0.05, 0.1) is 20.8 Å². The lowest BCUT2D eigenvalue weighted by Crippen LogP contribution is -2.23. The third kappa shape index (κ3) is 3.94. The molecular formula is C26H22BrN3O4S. The summed E-state index contributed by atoms with van der Waals surface area (Å²) in [4.78, 5) is 28.1. The number of pyridine rings is 1. The molecule has 9 heteroatoms. The molecule has 1 aliphatic carbocycles. The van der Waals surface area contributed by atoms with Gasteiger partial charge in [0, 0.05) is 6.54 Å². The molecule has 0 saturated carbocycles. The predicted molar refractivity (Wildman–Crippen MR) is 136 cm³/mol. The summed E-state index contributed by atoms with van der Waals surface area (Å²) in [5.41, 5.74) is 10.1. The maximum Gasteiger partial charge on any atom is 0.267 e. The predicted octanol–water partition coefficient (Wildman–Crippen LogP) is 3.99. The Kier molecular flexibility index (Phi) is 5.77. The van der Waals surface area contributed by atoms with E-state index in [2.05, 4.69) is 20.9 Å². The fourth-order valence-electron chi connectivity index (χ4n) is 4.58. The second-order valence-electron chi connectivity index (χ2n) is 8.61. The summed E-state index contributed by atoms with van der Waals surface area (Å²) < 4.78 is 28.7. The molecule has 0 radical (unpaired) electrons. The monoisotopic (exact) mass is 551 g/mol. The number of nitrogens with two attached hydrogens (primary N) is 1. The molecule has 0 spiro atoms. The van der Waals surface area contributed by atoms with E-state index in [1.165, 1.54) is 18.2 Å². The first kappa shape index (κ1) is 23.3. The van der Waals surface area contributed by atoms with Crippen LogP contribution in [-0.4, -0.2) is 23.9 Å². The third-order valence-corrected chi connectivity index (χ3v) is 8.94. The third-order valence-electron chi connectivity index (χ3n) is 6.31. The van der Waals surface area contributed by atoms with Gasteiger partial charge >= 0.3 is 0 Å². The molecule has 2 heterocycles. The number of primary amides is 1. The van der Waals surface area contributed by atoms with E-state index in [0.29, 0.717) is 46.5 Å². The molecule has 35 heavy (non-hydrogen) atoms. The largest absolute Gasteiger partial charge is 0.364 e. The molecule has 5 rings (SSSR count). The minimum atomic E-state index is -3.99. The van der Waals surface area contributed by atoms with Crippen LogP contribution in [0.5, 0.6) is 0 Å². The zero-order chi connectivity index (χ0) is 24.9. The number of fused-ring (bicyclic) bond motifs is 3. The van der Waals surface area contributed by atoms with E-state index in [1.807, 2.05) is 31.2 Å². The second kappa shape index (κ2) is 8.66. The van der Waals surface area contributed by atoms with Gasteiger partial charge in [0.1, 0.15) is 10.6 Å². The number of aromatic amines is 1. The van der Waals surface area contributed by atoms with Crippen molar-refractivity contribution in [2.45, 2.75) is 36.1 Å². The summed E-state index contributed by atoms with van der Waals surface area (Å²) in [5.74, 6) is -0.592. The van der Waals surface area contributed by atoms with Gasteiger partial charge in [-0.25, -0.2) is 8.42 Å². The first-order valence-electron chi connectivity index (χ1n) is 11.0. The average molecular weight is 552 g/mol. The Balaban J connectivity index is 1.71. The second-order valence-corrected chi connectivity index (χ2v) is 11.3. The van der Waals surface area contributed by atoms with Crippen molar-refractivity contribution in [2.75, 3.05) is 0 Å². The number of H-pyrrole nitrogens is 1. The number of carbonyl (C=O) groups excluding carboxylic acids is 1. The van der Waals surface area contributed by atoms with E-state index in [0.717, 1.165) is 16.7 Å². The Hall–Kier alpha value is -3.43. The van der Waals surface area contributed by atoms with E-state index in [9.17, 15) is 18.0 Å². The zero-order valence-electron chi connectivity index (χ0n) is 18.8. The van der Waals surface area contributed by atoms with Crippen LogP contribution in [0.4, 0.5) is 0 Å². The van der Waals surface area contributed by atoms with E-state index < -0.39 is 21.3 Å². The van der Waals surface area contributed by atoms with E-state index >= 15 is 0 Å². The number of hydrogen-bond acceptors (Lipinski definition) is 4.